The molecule has 2 unspecified atom stereocenters. The van der Waals surface area contributed by atoms with Crippen LogP contribution in [-0.4, -0.2) is 72.6 Å². The molecule has 2 atom stereocenters. The summed E-state index contributed by atoms with van der Waals surface area (Å²) in [6.45, 7) is 11.0. The number of benzene rings is 1. The maximum Gasteiger partial charge on any atom is 0.234 e. The molecule has 2 heterocycles. The second-order valence-corrected chi connectivity index (χ2v) is 10.6. The minimum Gasteiger partial charge on any atom is -0.477 e. The van der Waals surface area contributed by atoms with Crippen LogP contribution >= 0.6 is 11.8 Å². The first kappa shape index (κ1) is 25.4. The first-order chi connectivity index (χ1) is 15.9. The molecule has 1 aromatic rings. The molecule has 1 amide bonds. The van der Waals surface area contributed by atoms with Gasteiger partial charge in [-0.2, -0.15) is 5.26 Å². The van der Waals surface area contributed by atoms with Crippen LogP contribution in [0.1, 0.15) is 39.2 Å². The van der Waals surface area contributed by atoms with E-state index in [0.717, 1.165) is 18.7 Å². The first-order valence-corrected chi connectivity index (χ1v) is 13.0. The number of nitrogens with zero attached hydrogens (tertiary/aromatic N) is 3. The van der Waals surface area contributed by atoms with Gasteiger partial charge in [-0.05, 0) is 70.8 Å². The van der Waals surface area contributed by atoms with E-state index in [1.807, 2.05) is 20.8 Å². The minimum absolute atomic E-state index is 0.0245. The van der Waals surface area contributed by atoms with E-state index < -0.39 is 5.92 Å². The summed E-state index contributed by atoms with van der Waals surface area (Å²) < 4.78 is 5.65. The van der Waals surface area contributed by atoms with Crippen LogP contribution in [-0.2, 0) is 16.0 Å². The van der Waals surface area contributed by atoms with Crippen molar-refractivity contribution >= 4 is 29.3 Å². The molecule has 1 aromatic carbocycles. The van der Waals surface area contributed by atoms with Gasteiger partial charge in [-0.25, -0.2) is 4.99 Å². The highest BCUT2D eigenvalue weighted by atomic mass is 32.2. The van der Waals surface area contributed by atoms with Gasteiger partial charge in [0.2, 0.25) is 11.8 Å². The number of rotatable bonds is 12. The Morgan fingerprint density at radius 3 is 2.64 bits per heavy atom. The summed E-state index contributed by atoms with van der Waals surface area (Å²) in [5.74, 6) is 0.471. The molecule has 7 nitrogen and oxygen atoms in total. The molecule has 180 valence electrons. The number of likely N-dealkylation sites (tertiary alicyclic amines) is 1. The molecule has 0 saturated carbocycles. The van der Waals surface area contributed by atoms with Crippen molar-refractivity contribution in [3.8, 4) is 6.07 Å². The summed E-state index contributed by atoms with van der Waals surface area (Å²) in [5, 5.41) is 15.6. The molecule has 0 spiro atoms. The number of nitrogens with one attached hydrogen (secondary N) is 2. The number of carbonyl (C=O) groups excluding carboxylic acids is 1. The Kier molecular flexibility index (Phi) is 9.45. The van der Waals surface area contributed by atoms with Crippen LogP contribution in [0.15, 0.2) is 29.3 Å². The van der Waals surface area contributed by atoms with Gasteiger partial charge in [0.05, 0.1) is 11.6 Å². The third kappa shape index (κ3) is 7.94. The van der Waals surface area contributed by atoms with E-state index in [1.165, 1.54) is 43.3 Å². The molecule has 0 aliphatic carbocycles. The van der Waals surface area contributed by atoms with Crippen molar-refractivity contribution in [1.82, 2.24) is 10.2 Å². The second kappa shape index (κ2) is 12.3. The number of hydrogen-bond donors (Lipinski definition) is 2. The Bertz CT molecular complexity index is 843. The highest BCUT2D eigenvalue weighted by Crippen LogP contribution is 2.24. The smallest absolute Gasteiger partial charge is 0.234 e. The van der Waals surface area contributed by atoms with Crippen molar-refractivity contribution < 1.29 is 9.53 Å². The maximum absolute atomic E-state index is 12.6. The minimum atomic E-state index is -0.455. The maximum atomic E-state index is 12.6. The lowest BCUT2D eigenvalue weighted by Gasteiger charge is -2.19. The van der Waals surface area contributed by atoms with Gasteiger partial charge in [-0.1, -0.05) is 12.1 Å². The predicted octanol–water partition coefficient (Wildman–Crippen LogP) is 3.32. The van der Waals surface area contributed by atoms with Gasteiger partial charge in [0.1, 0.15) is 17.8 Å². The quantitative estimate of drug-likeness (QED) is 0.486. The van der Waals surface area contributed by atoms with Crippen molar-refractivity contribution in [3.05, 3.63) is 29.8 Å². The normalized spacial score (nSPS) is 19.3. The highest BCUT2D eigenvalue weighted by Gasteiger charge is 2.32. The molecule has 2 aliphatic rings. The van der Waals surface area contributed by atoms with Gasteiger partial charge in [0, 0.05) is 31.1 Å². The summed E-state index contributed by atoms with van der Waals surface area (Å²) in [5.41, 5.74) is 2.03. The van der Waals surface area contributed by atoms with Gasteiger partial charge < -0.3 is 20.3 Å². The van der Waals surface area contributed by atoms with Crippen LogP contribution in [0.3, 0.4) is 0 Å². The molecule has 33 heavy (non-hydrogen) atoms. The number of hydrogen-bond acceptors (Lipinski definition) is 7. The molecular weight excluding hydrogens is 434 g/mol. The number of ether oxygens (including phenoxy) is 1. The fraction of sp³-hybridized carbons (Fsp3) is 0.640. The fourth-order valence-electron chi connectivity index (χ4n) is 3.98. The summed E-state index contributed by atoms with van der Waals surface area (Å²) in [7, 11) is 0. The van der Waals surface area contributed by atoms with Gasteiger partial charge in [0.15, 0.2) is 0 Å². The van der Waals surface area contributed by atoms with E-state index in [0.29, 0.717) is 31.3 Å². The number of nitriles is 1. The van der Waals surface area contributed by atoms with Crippen molar-refractivity contribution in [2.24, 2.45) is 10.9 Å². The third-order valence-electron chi connectivity index (χ3n) is 5.91. The average molecular weight is 472 g/mol. The number of aliphatic imine (C=N–C) groups is 1. The van der Waals surface area contributed by atoms with Crippen LogP contribution in [0.2, 0.25) is 0 Å². The van der Waals surface area contributed by atoms with E-state index in [2.05, 4.69) is 50.9 Å². The molecule has 2 N–H and O–H groups in total. The molecule has 2 aliphatic heterocycles. The van der Waals surface area contributed by atoms with Gasteiger partial charge in [-0.3, -0.25) is 4.79 Å². The molecule has 1 fully saturated rings. The SMILES string of the molecule is CCNC(=O)C(CNc1ccc(CCN2CCCC2)cc1)SCC(C#N)C1=NC(C)(C)CO1. The summed E-state index contributed by atoms with van der Waals surface area (Å²) in [6.07, 6.45) is 3.71. The van der Waals surface area contributed by atoms with Gasteiger partial charge >= 0.3 is 0 Å². The number of thioether (sulfide) groups is 1. The Balaban J connectivity index is 1.52. The molecule has 0 bridgehead atoms. The monoisotopic (exact) mass is 471 g/mol. The summed E-state index contributed by atoms with van der Waals surface area (Å²) in [4.78, 5) is 19.7. The Labute approximate surface area is 202 Å². The van der Waals surface area contributed by atoms with Crippen LogP contribution in [0.5, 0.6) is 0 Å². The summed E-state index contributed by atoms with van der Waals surface area (Å²) in [6, 6.07) is 10.8. The highest BCUT2D eigenvalue weighted by molar-refractivity contribution is 8.00. The lowest BCUT2D eigenvalue weighted by Crippen LogP contribution is -2.37. The zero-order valence-corrected chi connectivity index (χ0v) is 20.9. The number of anilines is 1. The van der Waals surface area contributed by atoms with Crippen LogP contribution in [0, 0.1) is 17.2 Å². The zero-order chi connectivity index (χ0) is 23.7. The molecule has 8 heteroatoms. The lowest BCUT2D eigenvalue weighted by atomic mass is 10.1. The Morgan fingerprint density at radius 1 is 1.30 bits per heavy atom. The topological polar surface area (TPSA) is 89.8 Å². The van der Waals surface area contributed by atoms with Crippen molar-refractivity contribution in [2.75, 3.05) is 50.4 Å². The summed E-state index contributed by atoms with van der Waals surface area (Å²) >= 11 is 1.47. The third-order valence-corrected chi connectivity index (χ3v) is 7.22. The second-order valence-electron chi connectivity index (χ2n) is 9.33. The van der Waals surface area contributed by atoms with E-state index in [9.17, 15) is 10.1 Å². The van der Waals surface area contributed by atoms with E-state index in [4.69, 9.17) is 4.74 Å². The zero-order valence-electron chi connectivity index (χ0n) is 20.1. The molecule has 1 saturated heterocycles. The Hall–Kier alpha value is -2.24. The standard InChI is InChI=1S/C25H37N5O2S/c1-4-27-23(31)22(33-17-20(15-26)24-29-25(2,3)18-32-24)16-28-21-9-7-19(8-10-21)11-14-30-12-5-6-13-30/h7-10,20,22,28H,4-6,11-14,16-18H2,1-3H3,(H,27,31). The van der Waals surface area contributed by atoms with Gasteiger partial charge in [0.25, 0.3) is 0 Å². The average Bonchev–Trinajstić information content (AvgIpc) is 3.45. The van der Waals surface area contributed by atoms with E-state index in [1.54, 1.807) is 0 Å². The number of amides is 1. The predicted molar refractivity (Wildman–Crippen MR) is 136 cm³/mol. The van der Waals surface area contributed by atoms with Crippen LogP contribution in [0.4, 0.5) is 5.69 Å². The largest absolute Gasteiger partial charge is 0.477 e. The molecule has 3 rings (SSSR count). The molecular formula is C25H37N5O2S. The van der Waals surface area contributed by atoms with Crippen molar-refractivity contribution in [1.29, 1.82) is 5.26 Å². The lowest BCUT2D eigenvalue weighted by molar-refractivity contribution is -0.120. The first-order valence-electron chi connectivity index (χ1n) is 12.0. The fourth-order valence-corrected chi connectivity index (χ4v) is 5.05. The van der Waals surface area contributed by atoms with Crippen molar-refractivity contribution in [2.45, 2.75) is 50.8 Å². The van der Waals surface area contributed by atoms with E-state index >= 15 is 0 Å². The van der Waals surface area contributed by atoms with Crippen LogP contribution in [0.25, 0.3) is 0 Å². The van der Waals surface area contributed by atoms with E-state index in [-0.39, 0.29) is 16.7 Å². The van der Waals surface area contributed by atoms with Crippen molar-refractivity contribution in [3.63, 3.8) is 0 Å². The Morgan fingerprint density at radius 2 is 2.03 bits per heavy atom. The number of carbonyl (C=O) groups is 1. The molecule has 0 aromatic heterocycles. The molecule has 0 radical (unpaired) electrons. The van der Waals surface area contributed by atoms with Gasteiger partial charge in [-0.15, -0.1) is 11.8 Å². The van der Waals surface area contributed by atoms with Crippen LogP contribution < -0.4 is 10.6 Å².